The lowest BCUT2D eigenvalue weighted by atomic mass is 10.2. The predicted molar refractivity (Wildman–Crippen MR) is 95.8 cm³/mol. The molecule has 3 aromatic rings. The molecule has 0 aliphatic heterocycles. The van der Waals surface area contributed by atoms with Crippen LogP contribution in [0.1, 0.15) is 30.7 Å². The zero-order valence-electron chi connectivity index (χ0n) is 14.2. The van der Waals surface area contributed by atoms with Gasteiger partial charge >= 0.3 is 11.7 Å². The van der Waals surface area contributed by atoms with Gasteiger partial charge < -0.3 is 14.3 Å². The Bertz CT molecular complexity index is 1020. The van der Waals surface area contributed by atoms with Gasteiger partial charge in [-0.1, -0.05) is 11.6 Å². The third-order valence-corrected chi connectivity index (χ3v) is 4.22. The highest BCUT2D eigenvalue weighted by atomic mass is 35.5. The molecular weight excluding hydrogens is 360 g/mol. The van der Waals surface area contributed by atoms with E-state index in [1.807, 2.05) is 26.0 Å². The maximum Gasteiger partial charge on any atom is 0.419 e. The second kappa shape index (κ2) is 7.21. The zero-order valence-corrected chi connectivity index (χ0v) is 15.0. The maximum atomic E-state index is 12.0. The highest BCUT2D eigenvalue weighted by molar-refractivity contribution is 6.32. The van der Waals surface area contributed by atoms with Crippen LogP contribution in [0.25, 0.3) is 11.1 Å². The highest BCUT2D eigenvalue weighted by Gasteiger charge is 2.17. The Kier molecular flexibility index (Phi) is 4.99. The van der Waals surface area contributed by atoms with Crippen molar-refractivity contribution in [3.05, 3.63) is 57.3 Å². The van der Waals surface area contributed by atoms with E-state index in [-0.39, 0.29) is 24.7 Å². The molecule has 1 aromatic carbocycles. The number of aliphatic carboxylic acids is 1. The topological polar surface area (TPSA) is 94.6 Å². The minimum atomic E-state index is -1.00. The Hall–Kier alpha value is -2.80. The first-order chi connectivity index (χ1) is 12.3. The molecule has 26 heavy (non-hydrogen) atoms. The van der Waals surface area contributed by atoms with Crippen molar-refractivity contribution >= 4 is 28.7 Å². The highest BCUT2D eigenvalue weighted by Crippen LogP contribution is 2.33. The smallest absolute Gasteiger partial charge is 0.419 e. The van der Waals surface area contributed by atoms with Crippen LogP contribution < -0.4 is 10.5 Å². The third kappa shape index (κ3) is 3.72. The number of carbonyl (C=O) groups is 1. The molecule has 1 N–H and O–H groups in total. The van der Waals surface area contributed by atoms with Gasteiger partial charge in [0.25, 0.3) is 0 Å². The fraction of sp³-hybridized carbons (Fsp3) is 0.278. The molecule has 1 unspecified atom stereocenters. The van der Waals surface area contributed by atoms with Gasteiger partial charge in [-0.3, -0.25) is 14.3 Å². The third-order valence-electron chi connectivity index (χ3n) is 3.93. The van der Waals surface area contributed by atoms with E-state index < -0.39 is 11.7 Å². The number of ether oxygens (including phenoxy) is 1. The Morgan fingerprint density at radius 2 is 2.19 bits per heavy atom. The number of rotatable bonds is 6. The minimum Gasteiger partial charge on any atom is -0.483 e. The van der Waals surface area contributed by atoms with Crippen molar-refractivity contribution in [2.45, 2.75) is 32.9 Å². The van der Waals surface area contributed by atoms with E-state index in [0.717, 1.165) is 11.3 Å². The number of halogens is 1. The summed E-state index contributed by atoms with van der Waals surface area (Å²) in [7, 11) is 0. The summed E-state index contributed by atoms with van der Waals surface area (Å²) >= 11 is 6.29. The van der Waals surface area contributed by atoms with Crippen molar-refractivity contribution in [1.82, 2.24) is 9.55 Å². The van der Waals surface area contributed by atoms with E-state index in [1.165, 1.54) is 16.7 Å². The number of carboxylic acids is 1. The summed E-state index contributed by atoms with van der Waals surface area (Å²) in [5.41, 5.74) is 2.52. The molecule has 2 heterocycles. The maximum absolute atomic E-state index is 12.0. The van der Waals surface area contributed by atoms with Crippen LogP contribution >= 0.6 is 11.6 Å². The van der Waals surface area contributed by atoms with Crippen LogP contribution in [0.4, 0.5) is 0 Å². The molecule has 8 heteroatoms. The largest absolute Gasteiger partial charge is 0.483 e. The lowest BCUT2D eigenvalue weighted by Crippen LogP contribution is -2.16. The van der Waals surface area contributed by atoms with Gasteiger partial charge in [0.05, 0.1) is 22.7 Å². The Morgan fingerprint density at radius 1 is 1.42 bits per heavy atom. The van der Waals surface area contributed by atoms with Crippen LogP contribution in [-0.4, -0.2) is 20.6 Å². The fourth-order valence-electron chi connectivity index (χ4n) is 2.61. The minimum absolute atomic E-state index is 0.00130. The van der Waals surface area contributed by atoms with Gasteiger partial charge in [-0.2, -0.15) is 0 Å². The number of pyridine rings is 1. The van der Waals surface area contributed by atoms with E-state index in [0.29, 0.717) is 16.3 Å². The molecule has 0 saturated heterocycles. The molecule has 0 amide bonds. The summed E-state index contributed by atoms with van der Waals surface area (Å²) < 4.78 is 12.3. The molecule has 0 bridgehead atoms. The fourth-order valence-corrected chi connectivity index (χ4v) is 2.81. The summed E-state index contributed by atoms with van der Waals surface area (Å²) in [6.45, 7) is 3.81. The first-order valence-corrected chi connectivity index (χ1v) is 8.37. The quantitative estimate of drug-likeness (QED) is 0.706. The monoisotopic (exact) mass is 376 g/mol. The summed E-state index contributed by atoms with van der Waals surface area (Å²) in [4.78, 5) is 27.0. The van der Waals surface area contributed by atoms with Crippen LogP contribution in [0.3, 0.4) is 0 Å². The van der Waals surface area contributed by atoms with E-state index in [9.17, 15) is 9.59 Å². The van der Waals surface area contributed by atoms with Crippen molar-refractivity contribution in [2.24, 2.45) is 0 Å². The number of aromatic nitrogens is 2. The first kappa shape index (κ1) is 18.0. The Morgan fingerprint density at radius 3 is 2.88 bits per heavy atom. The molecule has 0 spiro atoms. The standard InChI is InChI=1S/C18H17ClN2O5/c1-10-3-5-20-13(7-10)11(2)25-15-9-16-14(8-12(15)19)21(18(24)26-16)6-4-17(22)23/h3,5,7-9,11H,4,6H2,1-2H3,(H,22,23). The van der Waals surface area contributed by atoms with Gasteiger partial charge in [0.15, 0.2) is 5.58 Å². The first-order valence-electron chi connectivity index (χ1n) is 7.99. The SMILES string of the molecule is Cc1ccnc(C(C)Oc2cc3oc(=O)n(CCC(=O)O)c3cc2Cl)c1. The number of aryl methyl sites for hydroxylation is 2. The van der Waals surface area contributed by atoms with E-state index in [2.05, 4.69) is 4.98 Å². The number of hydrogen-bond acceptors (Lipinski definition) is 5. The second-order valence-corrected chi connectivity index (χ2v) is 6.34. The number of fused-ring (bicyclic) bond motifs is 1. The summed E-state index contributed by atoms with van der Waals surface area (Å²) in [5, 5.41) is 9.10. The second-order valence-electron chi connectivity index (χ2n) is 5.93. The molecule has 7 nitrogen and oxygen atoms in total. The number of benzene rings is 1. The van der Waals surface area contributed by atoms with Crippen molar-refractivity contribution in [2.75, 3.05) is 0 Å². The Balaban J connectivity index is 1.92. The zero-order chi connectivity index (χ0) is 18.8. The number of oxazole rings is 1. The molecular formula is C18H17ClN2O5. The van der Waals surface area contributed by atoms with E-state index in [4.69, 9.17) is 25.9 Å². The van der Waals surface area contributed by atoms with Gasteiger partial charge in [0.2, 0.25) is 0 Å². The van der Waals surface area contributed by atoms with Crippen LogP contribution in [-0.2, 0) is 11.3 Å². The Labute approximate surface area is 153 Å². The van der Waals surface area contributed by atoms with Crippen LogP contribution in [0.15, 0.2) is 39.7 Å². The van der Waals surface area contributed by atoms with Crippen molar-refractivity contribution in [3.8, 4) is 5.75 Å². The molecule has 0 radical (unpaired) electrons. The molecule has 0 saturated carbocycles. The molecule has 136 valence electrons. The molecule has 1 atom stereocenters. The van der Waals surface area contributed by atoms with Crippen molar-refractivity contribution in [3.63, 3.8) is 0 Å². The van der Waals surface area contributed by atoms with Crippen LogP contribution in [0.2, 0.25) is 5.02 Å². The summed E-state index contributed by atoms with van der Waals surface area (Å²) in [6.07, 6.45) is 1.16. The van der Waals surface area contributed by atoms with Gasteiger partial charge in [-0.05, 0) is 37.6 Å². The van der Waals surface area contributed by atoms with E-state index in [1.54, 1.807) is 6.20 Å². The normalized spacial score (nSPS) is 12.3. The molecule has 2 aromatic heterocycles. The van der Waals surface area contributed by atoms with E-state index >= 15 is 0 Å². The molecule has 3 rings (SSSR count). The summed E-state index contributed by atoms with van der Waals surface area (Å²) in [5.74, 6) is -1.28. The van der Waals surface area contributed by atoms with Crippen molar-refractivity contribution < 1.29 is 19.1 Å². The van der Waals surface area contributed by atoms with Gasteiger partial charge in [-0.25, -0.2) is 4.79 Å². The average molecular weight is 377 g/mol. The van der Waals surface area contributed by atoms with Gasteiger partial charge in [-0.15, -0.1) is 0 Å². The molecule has 0 fully saturated rings. The van der Waals surface area contributed by atoms with Crippen LogP contribution in [0.5, 0.6) is 5.75 Å². The predicted octanol–water partition coefficient (Wildman–Crippen LogP) is 3.57. The number of nitrogens with zero attached hydrogens (tertiary/aromatic N) is 2. The lowest BCUT2D eigenvalue weighted by Gasteiger charge is -2.15. The molecule has 0 aliphatic rings. The average Bonchev–Trinajstić information content (AvgIpc) is 2.87. The number of carboxylic acid groups (broad SMARTS) is 1. The number of hydrogen-bond donors (Lipinski definition) is 1. The molecule has 0 aliphatic carbocycles. The van der Waals surface area contributed by atoms with Crippen LogP contribution in [0, 0.1) is 6.92 Å². The van der Waals surface area contributed by atoms with Crippen molar-refractivity contribution in [1.29, 1.82) is 0 Å². The van der Waals surface area contributed by atoms with Gasteiger partial charge in [0, 0.05) is 18.8 Å². The van der Waals surface area contributed by atoms with Gasteiger partial charge in [0.1, 0.15) is 11.9 Å². The lowest BCUT2D eigenvalue weighted by molar-refractivity contribution is -0.137. The summed E-state index contributed by atoms with van der Waals surface area (Å²) in [6, 6.07) is 6.88.